The standard InChI is InChI=1S/C17H19N5O3S2/c1-11-7-15(21-20-11)19-16(23)8-22(12-5-3-2-4-6-12)17-18-13-9-27(24,25)10-14(13)26-17/h2-7,13-14H,8-10H2,1H3,(H2,19,20,21,23)/t13-,14-/m1/s1. The first-order valence-corrected chi connectivity index (χ1v) is 11.2. The van der Waals surface area contributed by atoms with Gasteiger partial charge in [-0.25, -0.2) is 8.42 Å². The molecule has 1 saturated heterocycles. The summed E-state index contributed by atoms with van der Waals surface area (Å²) in [6.45, 7) is 1.92. The van der Waals surface area contributed by atoms with E-state index in [1.54, 1.807) is 6.07 Å². The molecular weight excluding hydrogens is 386 g/mol. The van der Waals surface area contributed by atoms with Gasteiger partial charge in [0.15, 0.2) is 20.8 Å². The van der Waals surface area contributed by atoms with Gasteiger partial charge in [-0.3, -0.25) is 14.9 Å². The summed E-state index contributed by atoms with van der Waals surface area (Å²) in [5.74, 6) is 0.458. The molecule has 1 fully saturated rings. The van der Waals surface area contributed by atoms with Crippen molar-refractivity contribution < 1.29 is 13.2 Å². The second-order valence-electron chi connectivity index (χ2n) is 6.62. The van der Waals surface area contributed by atoms with Gasteiger partial charge in [0, 0.05) is 22.7 Å². The maximum atomic E-state index is 12.5. The number of nitrogens with zero attached hydrogens (tertiary/aromatic N) is 3. The Morgan fingerprint density at radius 2 is 2.11 bits per heavy atom. The molecule has 8 nitrogen and oxygen atoms in total. The van der Waals surface area contributed by atoms with Gasteiger partial charge in [0.25, 0.3) is 0 Å². The Morgan fingerprint density at radius 3 is 2.78 bits per heavy atom. The highest BCUT2D eigenvalue weighted by atomic mass is 32.2. The maximum Gasteiger partial charge on any atom is 0.245 e. The molecule has 3 heterocycles. The first-order chi connectivity index (χ1) is 12.9. The van der Waals surface area contributed by atoms with Crippen LogP contribution >= 0.6 is 11.8 Å². The smallest absolute Gasteiger partial charge is 0.245 e. The number of aryl methyl sites for hydroxylation is 1. The first kappa shape index (κ1) is 18.1. The molecule has 0 aliphatic carbocycles. The average molecular weight is 406 g/mol. The SMILES string of the molecule is Cc1cc(NC(=O)CN(C2=N[C@@H]3CS(=O)(=O)C[C@H]3S2)c2ccccc2)n[nH]1. The molecular formula is C17H19N5O3S2. The summed E-state index contributed by atoms with van der Waals surface area (Å²) in [6.07, 6.45) is 0. The van der Waals surface area contributed by atoms with E-state index in [0.717, 1.165) is 11.4 Å². The molecule has 2 aromatic rings. The number of rotatable bonds is 4. The van der Waals surface area contributed by atoms with Gasteiger partial charge >= 0.3 is 0 Å². The number of amides is 1. The van der Waals surface area contributed by atoms with Gasteiger partial charge in [0.1, 0.15) is 6.54 Å². The van der Waals surface area contributed by atoms with Crippen molar-refractivity contribution in [1.82, 2.24) is 10.2 Å². The van der Waals surface area contributed by atoms with E-state index in [2.05, 4.69) is 20.5 Å². The number of hydrogen-bond donors (Lipinski definition) is 2. The Kier molecular flexibility index (Phi) is 4.68. The van der Waals surface area contributed by atoms with Crippen molar-refractivity contribution in [1.29, 1.82) is 0 Å². The van der Waals surface area contributed by atoms with Gasteiger partial charge in [-0.05, 0) is 19.1 Å². The first-order valence-electron chi connectivity index (χ1n) is 8.49. The largest absolute Gasteiger partial charge is 0.312 e. The van der Waals surface area contributed by atoms with Crippen LogP contribution in [-0.4, -0.2) is 59.0 Å². The molecule has 0 radical (unpaired) electrons. The van der Waals surface area contributed by atoms with Gasteiger partial charge in [-0.15, -0.1) is 0 Å². The number of amidine groups is 1. The minimum absolute atomic E-state index is 0.0634. The summed E-state index contributed by atoms with van der Waals surface area (Å²) in [7, 11) is -3.02. The number of para-hydroxylation sites is 1. The number of sulfone groups is 1. The molecule has 2 aliphatic rings. The monoisotopic (exact) mass is 405 g/mol. The van der Waals surface area contributed by atoms with E-state index < -0.39 is 9.84 Å². The van der Waals surface area contributed by atoms with Crippen molar-refractivity contribution >= 4 is 44.2 Å². The second-order valence-corrected chi connectivity index (χ2v) is 9.98. The Hall–Kier alpha value is -2.33. The molecule has 1 aromatic heterocycles. The van der Waals surface area contributed by atoms with Crippen LogP contribution in [0.15, 0.2) is 41.4 Å². The van der Waals surface area contributed by atoms with Gasteiger partial charge in [0.05, 0.1) is 17.5 Å². The number of anilines is 2. The maximum absolute atomic E-state index is 12.5. The zero-order valence-electron chi connectivity index (χ0n) is 14.6. The van der Waals surface area contributed by atoms with Crippen molar-refractivity contribution in [2.45, 2.75) is 18.2 Å². The highest BCUT2D eigenvalue weighted by Gasteiger charge is 2.44. The van der Waals surface area contributed by atoms with E-state index in [1.165, 1.54) is 11.8 Å². The Balaban J connectivity index is 1.54. The molecule has 0 unspecified atom stereocenters. The summed E-state index contributed by atoms with van der Waals surface area (Å²) in [4.78, 5) is 19.0. The number of carbonyl (C=O) groups excluding carboxylic acids is 1. The third-order valence-electron chi connectivity index (χ3n) is 4.38. The van der Waals surface area contributed by atoms with Crippen LogP contribution in [0.5, 0.6) is 0 Å². The quantitative estimate of drug-likeness (QED) is 0.797. The van der Waals surface area contributed by atoms with Crippen LogP contribution in [0.25, 0.3) is 0 Å². The Bertz CT molecular complexity index is 987. The number of nitrogens with one attached hydrogen (secondary N) is 2. The van der Waals surface area contributed by atoms with Crippen LogP contribution in [0.3, 0.4) is 0 Å². The van der Waals surface area contributed by atoms with E-state index in [-0.39, 0.29) is 35.2 Å². The minimum atomic E-state index is -3.02. The number of aromatic amines is 1. The Morgan fingerprint density at radius 1 is 1.33 bits per heavy atom. The van der Waals surface area contributed by atoms with Gasteiger partial charge in [-0.2, -0.15) is 5.10 Å². The lowest BCUT2D eigenvalue weighted by Crippen LogP contribution is -2.36. The van der Waals surface area contributed by atoms with Gasteiger partial charge in [0.2, 0.25) is 5.91 Å². The highest BCUT2D eigenvalue weighted by molar-refractivity contribution is 8.15. The van der Waals surface area contributed by atoms with E-state index in [0.29, 0.717) is 11.0 Å². The minimum Gasteiger partial charge on any atom is -0.312 e. The summed E-state index contributed by atoms with van der Waals surface area (Å²) in [6, 6.07) is 11.0. The molecule has 142 valence electrons. The molecule has 27 heavy (non-hydrogen) atoms. The van der Waals surface area contributed by atoms with Crippen LogP contribution in [-0.2, 0) is 14.6 Å². The van der Waals surface area contributed by atoms with Crippen molar-refractivity contribution in [3.05, 3.63) is 42.1 Å². The average Bonchev–Trinajstić information content (AvgIpc) is 3.26. The van der Waals surface area contributed by atoms with E-state index in [4.69, 9.17) is 0 Å². The molecule has 1 amide bonds. The number of H-pyrrole nitrogens is 1. The second kappa shape index (κ2) is 7.01. The molecule has 10 heteroatoms. The van der Waals surface area contributed by atoms with E-state index in [1.807, 2.05) is 42.2 Å². The molecule has 2 N–H and O–H groups in total. The third kappa shape index (κ3) is 4.01. The van der Waals surface area contributed by atoms with Crippen molar-refractivity contribution in [3.63, 3.8) is 0 Å². The predicted molar refractivity (Wildman–Crippen MR) is 107 cm³/mol. The van der Waals surface area contributed by atoms with Crippen molar-refractivity contribution in [2.75, 3.05) is 28.3 Å². The predicted octanol–water partition coefficient (Wildman–Crippen LogP) is 1.43. The molecule has 2 aliphatic heterocycles. The lowest BCUT2D eigenvalue weighted by molar-refractivity contribution is -0.114. The number of hydrogen-bond acceptors (Lipinski definition) is 7. The van der Waals surface area contributed by atoms with Gasteiger partial charge in [-0.1, -0.05) is 30.0 Å². The van der Waals surface area contributed by atoms with Crippen LogP contribution in [0, 0.1) is 6.92 Å². The number of fused-ring (bicyclic) bond motifs is 1. The highest BCUT2D eigenvalue weighted by Crippen LogP contribution is 2.36. The number of carbonyl (C=O) groups is 1. The molecule has 0 spiro atoms. The molecule has 0 saturated carbocycles. The lowest BCUT2D eigenvalue weighted by atomic mass is 10.3. The van der Waals surface area contributed by atoms with Crippen molar-refractivity contribution in [3.8, 4) is 0 Å². The lowest BCUT2D eigenvalue weighted by Gasteiger charge is -2.23. The zero-order chi connectivity index (χ0) is 19.0. The molecule has 0 bridgehead atoms. The summed E-state index contributed by atoms with van der Waals surface area (Å²) in [5, 5.41) is 10.2. The number of aromatic nitrogens is 2. The number of benzene rings is 1. The molecule has 2 atom stereocenters. The summed E-state index contributed by atoms with van der Waals surface area (Å²) in [5.41, 5.74) is 1.69. The van der Waals surface area contributed by atoms with E-state index >= 15 is 0 Å². The normalized spacial score (nSPS) is 22.9. The number of aliphatic imine (C=N–C) groups is 1. The molecule has 4 rings (SSSR count). The molecule has 1 aromatic carbocycles. The fourth-order valence-corrected chi connectivity index (χ4v) is 6.94. The summed E-state index contributed by atoms with van der Waals surface area (Å²) < 4.78 is 23.6. The van der Waals surface area contributed by atoms with Crippen LogP contribution in [0.1, 0.15) is 5.69 Å². The Labute approximate surface area is 161 Å². The van der Waals surface area contributed by atoms with Gasteiger partial charge < -0.3 is 10.2 Å². The van der Waals surface area contributed by atoms with Crippen LogP contribution < -0.4 is 10.2 Å². The zero-order valence-corrected chi connectivity index (χ0v) is 16.3. The van der Waals surface area contributed by atoms with Crippen LogP contribution in [0.4, 0.5) is 11.5 Å². The van der Waals surface area contributed by atoms with E-state index in [9.17, 15) is 13.2 Å². The topological polar surface area (TPSA) is 108 Å². The third-order valence-corrected chi connectivity index (χ3v) is 7.63. The summed E-state index contributed by atoms with van der Waals surface area (Å²) >= 11 is 1.43. The number of thioether (sulfide) groups is 1. The van der Waals surface area contributed by atoms with Crippen molar-refractivity contribution in [2.24, 2.45) is 4.99 Å². The fourth-order valence-electron chi connectivity index (χ4n) is 3.16. The fraction of sp³-hybridized carbons (Fsp3) is 0.353. The van der Waals surface area contributed by atoms with Crippen LogP contribution in [0.2, 0.25) is 0 Å².